The first-order valence-electron chi connectivity index (χ1n) is 9.20. The van der Waals surface area contributed by atoms with E-state index in [4.69, 9.17) is 0 Å². The molecule has 0 spiro atoms. The van der Waals surface area contributed by atoms with Crippen molar-refractivity contribution in [2.75, 3.05) is 7.05 Å². The first-order valence-corrected chi connectivity index (χ1v) is 11.7. The highest BCUT2D eigenvalue weighted by Crippen LogP contribution is 2.29. The number of nitrogens with one attached hydrogen (secondary N) is 2. The van der Waals surface area contributed by atoms with Gasteiger partial charge in [0.15, 0.2) is 5.17 Å². The Morgan fingerprint density at radius 1 is 1.03 bits per heavy atom. The Labute approximate surface area is 179 Å². The van der Waals surface area contributed by atoms with E-state index in [2.05, 4.69) is 15.0 Å². The molecular weight excluding hydrogens is 418 g/mol. The number of benzene rings is 3. The minimum atomic E-state index is -3.32. The molecule has 152 valence electrons. The fourth-order valence-electron chi connectivity index (χ4n) is 3.01. The van der Waals surface area contributed by atoms with Crippen molar-refractivity contribution in [2.24, 2.45) is 4.99 Å². The topological polar surface area (TPSA) is 87.6 Å². The van der Waals surface area contributed by atoms with Gasteiger partial charge < -0.3 is 5.32 Å². The molecule has 0 bridgehead atoms. The van der Waals surface area contributed by atoms with E-state index in [1.165, 1.54) is 18.8 Å². The van der Waals surface area contributed by atoms with Crippen LogP contribution in [0, 0.1) is 0 Å². The van der Waals surface area contributed by atoms with Gasteiger partial charge in [0.05, 0.1) is 16.3 Å². The fourth-order valence-corrected chi connectivity index (χ4v) is 4.62. The Morgan fingerprint density at radius 3 is 2.50 bits per heavy atom. The van der Waals surface area contributed by atoms with Gasteiger partial charge in [0.25, 0.3) is 5.91 Å². The lowest BCUT2D eigenvalue weighted by Crippen LogP contribution is -2.20. The standard InChI is InChI=1S/C22H19N3O3S2/c1-23-30(27,28)14-15-7-10-19(11-8-15)24-22-25-21(26)20(29-22)13-16-6-9-17-4-2-3-5-18(17)12-16/h2-13,23H,14H2,1H3,(H,24,25,26)/b20-13-. The van der Waals surface area contributed by atoms with Gasteiger partial charge in [-0.15, -0.1) is 0 Å². The lowest BCUT2D eigenvalue weighted by molar-refractivity contribution is -0.115. The molecule has 0 unspecified atom stereocenters. The number of amidine groups is 1. The summed E-state index contributed by atoms with van der Waals surface area (Å²) in [7, 11) is -1.93. The van der Waals surface area contributed by atoms with Crippen molar-refractivity contribution in [2.45, 2.75) is 5.75 Å². The molecule has 0 radical (unpaired) electrons. The summed E-state index contributed by atoms with van der Waals surface area (Å²) in [5.74, 6) is -0.284. The number of amides is 1. The summed E-state index contributed by atoms with van der Waals surface area (Å²) in [6.45, 7) is 0. The number of nitrogens with zero attached hydrogens (tertiary/aromatic N) is 1. The predicted molar refractivity (Wildman–Crippen MR) is 123 cm³/mol. The third kappa shape index (κ3) is 4.79. The second-order valence-corrected chi connectivity index (χ2v) is 9.68. The Hall–Kier alpha value is -2.94. The number of rotatable bonds is 5. The van der Waals surface area contributed by atoms with Crippen molar-refractivity contribution >= 4 is 55.4 Å². The van der Waals surface area contributed by atoms with E-state index in [1.54, 1.807) is 24.3 Å². The van der Waals surface area contributed by atoms with Crippen LogP contribution in [0.25, 0.3) is 16.8 Å². The van der Waals surface area contributed by atoms with Crippen LogP contribution in [-0.4, -0.2) is 26.5 Å². The molecule has 30 heavy (non-hydrogen) atoms. The molecule has 1 saturated heterocycles. The van der Waals surface area contributed by atoms with Gasteiger partial charge in [0.2, 0.25) is 10.0 Å². The highest BCUT2D eigenvalue weighted by molar-refractivity contribution is 8.18. The normalized spacial score (nSPS) is 17.0. The van der Waals surface area contributed by atoms with Crippen LogP contribution in [0.5, 0.6) is 0 Å². The maximum absolute atomic E-state index is 12.3. The maximum Gasteiger partial charge on any atom is 0.264 e. The van der Waals surface area contributed by atoms with Crippen LogP contribution in [0.15, 0.2) is 76.6 Å². The van der Waals surface area contributed by atoms with Gasteiger partial charge in [-0.1, -0.05) is 48.5 Å². The molecular formula is C22H19N3O3S2. The zero-order valence-electron chi connectivity index (χ0n) is 16.1. The molecule has 3 aromatic rings. The number of sulfonamides is 1. The van der Waals surface area contributed by atoms with Gasteiger partial charge in [-0.25, -0.2) is 18.1 Å². The SMILES string of the molecule is CNS(=O)(=O)Cc1ccc(N=C2NC(=O)/C(=C/c3ccc4ccccc4c3)S2)cc1. The summed E-state index contributed by atoms with van der Waals surface area (Å²) in [5.41, 5.74) is 2.24. The van der Waals surface area contributed by atoms with E-state index >= 15 is 0 Å². The molecule has 6 nitrogen and oxygen atoms in total. The molecule has 2 N–H and O–H groups in total. The van der Waals surface area contributed by atoms with Crippen molar-refractivity contribution < 1.29 is 13.2 Å². The predicted octanol–water partition coefficient (Wildman–Crippen LogP) is 3.78. The second-order valence-electron chi connectivity index (χ2n) is 6.72. The largest absolute Gasteiger partial charge is 0.300 e. The van der Waals surface area contributed by atoms with Crippen LogP contribution in [0.4, 0.5) is 5.69 Å². The lowest BCUT2D eigenvalue weighted by atomic mass is 10.1. The zero-order chi connectivity index (χ0) is 21.1. The molecule has 0 aliphatic carbocycles. The Kier molecular flexibility index (Phi) is 5.72. The molecule has 3 aromatic carbocycles. The minimum Gasteiger partial charge on any atom is -0.300 e. The Morgan fingerprint density at radius 2 is 1.77 bits per heavy atom. The average Bonchev–Trinajstić information content (AvgIpc) is 3.08. The molecule has 1 aliphatic heterocycles. The van der Waals surface area contributed by atoms with Gasteiger partial charge in [-0.05, 0) is 65.0 Å². The molecule has 1 aliphatic rings. The molecule has 4 rings (SSSR count). The van der Waals surface area contributed by atoms with E-state index in [1.807, 2.05) is 48.5 Å². The quantitative estimate of drug-likeness (QED) is 0.595. The zero-order valence-corrected chi connectivity index (χ0v) is 17.8. The van der Waals surface area contributed by atoms with Gasteiger partial charge in [-0.2, -0.15) is 0 Å². The van der Waals surface area contributed by atoms with E-state index in [0.29, 0.717) is 21.3 Å². The van der Waals surface area contributed by atoms with Gasteiger partial charge >= 0.3 is 0 Å². The third-order valence-corrected chi connectivity index (χ3v) is 6.80. The van der Waals surface area contributed by atoms with Crippen LogP contribution in [0.3, 0.4) is 0 Å². The number of hydrogen-bond acceptors (Lipinski definition) is 5. The molecule has 0 saturated carbocycles. The number of carbonyl (C=O) groups excluding carboxylic acids is 1. The van der Waals surface area contributed by atoms with Crippen LogP contribution < -0.4 is 10.0 Å². The molecule has 1 amide bonds. The monoisotopic (exact) mass is 437 g/mol. The van der Waals surface area contributed by atoms with Crippen LogP contribution in [-0.2, 0) is 20.6 Å². The Bertz CT molecular complexity index is 1280. The van der Waals surface area contributed by atoms with Crippen molar-refractivity contribution in [3.05, 3.63) is 82.8 Å². The van der Waals surface area contributed by atoms with Gasteiger partial charge in [-0.3, -0.25) is 4.79 Å². The van der Waals surface area contributed by atoms with Crippen molar-refractivity contribution in [3.8, 4) is 0 Å². The number of carbonyl (C=O) groups is 1. The summed E-state index contributed by atoms with van der Waals surface area (Å²) in [6.07, 6.45) is 1.85. The lowest BCUT2D eigenvalue weighted by Gasteiger charge is -2.03. The maximum atomic E-state index is 12.3. The minimum absolute atomic E-state index is 0.0928. The summed E-state index contributed by atoms with van der Waals surface area (Å²) in [4.78, 5) is 17.4. The number of fused-ring (bicyclic) bond motifs is 1. The van der Waals surface area contributed by atoms with E-state index in [9.17, 15) is 13.2 Å². The van der Waals surface area contributed by atoms with Gasteiger partial charge in [0.1, 0.15) is 0 Å². The smallest absolute Gasteiger partial charge is 0.264 e. The van der Waals surface area contributed by atoms with Gasteiger partial charge in [0, 0.05) is 0 Å². The number of aliphatic imine (C=N–C) groups is 1. The first kappa shape index (κ1) is 20.3. The number of thioether (sulfide) groups is 1. The van der Waals surface area contributed by atoms with Crippen molar-refractivity contribution in [1.29, 1.82) is 0 Å². The second kappa shape index (κ2) is 8.43. The van der Waals surface area contributed by atoms with Crippen LogP contribution >= 0.6 is 11.8 Å². The average molecular weight is 438 g/mol. The Balaban J connectivity index is 1.51. The highest BCUT2D eigenvalue weighted by atomic mass is 32.2. The van der Waals surface area contributed by atoms with Crippen molar-refractivity contribution in [3.63, 3.8) is 0 Å². The summed E-state index contributed by atoms with van der Waals surface area (Å²) < 4.78 is 25.6. The molecule has 1 heterocycles. The van der Waals surface area contributed by atoms with Crippen LogP contribution in [0.2, 0.25) is 0 Å². The molecule has 0 atom stereocenters. The first-order chi connectivity index (χ1) is 14.4. The van der Waals surface area contributed by atoms with Crippen molar-refractivity contribution in [1.82, 2.24) is 10.0 Å². The van der Waals surface area contributed by atoms with Crippen LogP contribution in [0.1, 0.15) is 11.1 Å². The van der Waals surface area contributed by atoms with E-state index in [0.717, 1.165) is 16.3 Å². The molecule has 1 fully saturated rings. The molecule has 8 heteroatoms. The van der Waals surface area contributed by atoms with E-state index < -0.39 is 10.0 Å². The molecule has 0 aromatic heterocycles. The summed E-state index contributed by atoms with van der Waals surface area (Å²) >= 11 is 1.28. The third-order valence-electron chi connectivity index (χ3n) is 4.56. The highest BCUT2D eigenvalue weighted by Gasteiger charge is 2.23. The fraction of sp³-hybridized carbons (Fsp3) is 0.0909. The summed E-state index contributed by atoms with van der Waals surface area (Å²) in [6, 6.07) is 21.0. The summed E-state index contributed by atoms with van der Waals surface area (Å²) in [5, 5.41) is 5.52. The van der Waals surface area contributed by atoms with E-state index in [-0.39, 0.29) is 11.7 Å². The number of hydrogen-bond donors (Lipinski definition) is 2.